The minimum Gasteiger partial charge on any atom is -0.347 e. The number of nitrogens with one attached hydrogen (secondary N) is 1. The van der Waals surface area contributed by atoms with Crippen molar-refractivity contribution in [2.45, 2.75) is 32.9 Å². The summed E-state index contributed by atoms with van der Waals surface area (Å²) in [6.45, 7) is 5.31. The molecule has 0 fully saturated rings. The van der Waals surface area contributed by atoms with Gasteiger partial charge in [-0.1, -0.05) is 17.7 Å². The second-order valence-corrected chi connectivity index (χ2v) is 5.45. The Morgan fingerprint density at radius 2 is 2.18 bits per heavy atom. The van der Waals surface area contributed by atoms with Gasteiger partial charge >= 0.3 is 0 Å². The first-order valence-corrected chi connectivity index (χ1v) is 6.46. The van der Waals surface area contributed by atoms with Gasteiger partial charge in [0.05, 0.1) is 5.52 Å². The van der Waals surface area contributed by atoms with Crippen LogP contribution in [0.15, 0.2) is 12.1 Å². The lowest BCUT2D eigenvalue weighted by Gasteiger charge is -2.21. The van der Waals surface area contributed by atoms with Crippen LogP contribution in [0.4, 0.5) is 0 Å². The summed E-state index contributed by atoms with van der Waals surface area (Å²) in [7, 11) is 2.16. The molecule has 2 nitrogen and oxygen atoms in total. The summed E-state index contributed by atoms with van der Waals surface area (Å²) in [5, 5.41) is 5.74. The highest BCUT2D eigenvalue weighted by Gasteiger charge is 2.22. The fraction of sp³-hybridized carbons (Fsp3) is 0.429. The number of benzene rings is 1. The fourth-order valence-corrected chi connectivity index (χ4v) is 3.09. The molecule has 0 aliphatic carbocycles. The van der Waals surface area contributed by atoms with Crippen LogP contribution in [-0.4, -0.2) is 10.6 Å². The van der Waals surface area contributed by atoms with Gasteiger partial charge in [0.25, 0.3) is 0 Å². The molecule has 0 saturated heterocycles. The number of nitrogens with zero attached hydrogens (tertiary/aromatic N) is 1. The third-order valence-electron chi connectivity index (χ3n) is 3.91. The molecule has 90 valence electrons. The quantitative estimate of drug-likeness (QED) is 0.758. The zero-order valence-corrected chi connectivity index (χ0v) is 11.2. The third-order valence-corrected chi connectivity index (χ3v) is 4.31. The first-order valence-electron chi connectivity index (χ1n) is 6.08. The van der Waals surface area contributed by atoms with Crippen LogP contribution >= 0.6 is 11.6 Å². The summed E-state index contributed by atoms with van der Waals surface area (Å²) in [5.74, 6) is 0. The molecule has 0 saturated carbocycles. The summed E-state index contributed by atoms with van der Waals surface area (Å²) in [6, 6.07) is 4.72. The molecule has 0 amide bonds. The number of aromatic nitrogens is 1. The lowest BCUT2D eigenvalue weighted by atomic mass is 10.0. The standard InChI is InChI=1S/C14H17ClN2/c1-8-6-13-11(7-16-8)10-4-5-12(15)9(2)14(10)17(13)3/h4-5,8,16H,6-7H2,1-3H3. The molecule has 3 heteroatoms. The van der Waals surface area contributed by atoms with E-state index in [1.807, 2.05) is 6.07 Å². The minimum atomic E-state index is 0.557. The number of hydrogen-bond acceptors (Lipinski definition) is 1. The monoisotopic (exact) mass is 248 g/mol. The third kappa shape index (κ3) is 1.51. The molecule has 17 heavy (non-hydrogen) atoms. The summed E-state index contributed by atoms with van der Waals surface area (Å²) >= 11 is 6.22. The normalized spacial score (nSPS) is 19.6. The molecule has 1 atom stereocenters. The molecule has 3 rings (SSSR count). The van der Waals surface area contributed by atoms with E-state index in [2.05, 4.69) is 36.8 Å². The second-order valence-electron chi connectivity index (χ2n) is 5.04. The highest BCUT2D eigenvalue weighted by Crippen LogP contribution is 2.33. The molecule has 2 aromatic rings. The van der Waals surface area contributed by atoms with Crippen molar-refractivity contribution in [2.24, 2.45) is 7.05 Å². The van der Waals surface area contributed by atoms with Crippen molar-refractivity contribution in [3.05, 3.63) is 34.0 Å². The molecular formula is C14H17ClN2. The molecule has 1 unspecified atom stereocenters. The van der Waals surface area contributed by atoms with Crippen molar-refractivity contribution in [2.75, 3.05) is 0 Å². The Bertz CT molecular complexity index is 598. The predicted molar refractivity (Wildman–Crippen MR) is 72.7 cm³/mol. The number of halogens is 1. The van der Waals surface area contributed by atoms with E-state index in [0.717, 1.165) is 18.0 Å². The van der Waals surface area contributed by atoms with Crippen LogP contribution in [0, 0.1) is 6.92 Å². The SMILES string of the molecule is Cc1c(Cl)ccc2c3c(n(C)c12)CC(C)NC3. The fourth-order valence-electron chi connectivity index (χ4n) is 2.94. The van der Waals surface area contributed by atoms with Gasteiger partial charge in [-0.2, -0.15) is 0 Å². The van der Waals surface area contributed by atoms with E-state index >= 15 is 0 Å². The van der Waals surface area contributed by atoms with Crippen molar-refractivity contribution in [3.63, 3.8) is 0 Å². The first kappa shape index (κ1) is 11.1. The lowest BCUT2D eigenvalue weighted by Crippen LogP contribution is -2.33. The van der Waals surface area contributed by atoms with Crippen LogP contribution in [0.3, 0.4) is 0 Å². The number of rotatable bonds is 0. The zero-order chi connectivity index (χ0) is 12.2. The van der Waals surface area contributed by atoms with Crippen LogP contribution in [0.5, 0.6) is 0 Å². The second kappa shape index (κ2) is 3.76. The van der Waals surface area contributed by atoms with Crippen molar-refractivity contribution in [3.8, 4) is 0 Å². The number of hydrogen-bond donors (Lipinski definition) is 1. The average Bonchev–Trinajstić information content (AvgIpc) is 2.58. The molecule has 0 spiro atoms. The minimum absolute atomic E-state index is 0.557. The maximum Gasteiger partial charge on any atom is 0.0527 e. The van der Waals surface area contributed by atoms with Crippen LogP contribution in [0.25, 0.3) is 10.9 Å². The molecular weight excluding hydrogens is 232 g/mol. The Balaban J connectivity index is 2.37. The highest BCUT2D eigenvalue weighted by atomic mass is 35.5. The van der Waals surface area contributed by atoms with Crippen LogP contribution in [0.1, 0.15) is 23.7 Å². The molecule has 1 aliphatic heterocycles. The topological polar surface area (TPSA) is 17.0 Å². The molecule has 0 bridgehead atoms. The van der Waals surface area contributed by atoms with Crippen LogP contribution in [0.2, 0.25) is 5.02 Å². The summed E-state index contributed by atoms with van der Waals surface area (Å²) in [4.78, 5) is 0. The van der Waals surface area contributed by atoms with E-state index < -0.39 is 0 Å². The Labute approximate surface area is 107 Å². The molecule has 0 radical (unpaired) electrons. The Morgan fingerprint density at radius 3 is 2.94 bits per heavy atom. The van der Waals surface area contributed by atoms with Gasteiger partial charge in [-0.15, -0.1) is 0 Å². The van der Waals surface area contributed by atoms with E-state index in [1.165, 1.54) is 27.7 Å². The van der Waals surface area contributed by atoms with Gasteiger partial charge in [-0.05, 0) is 31.0 Å². The van der Waals surface area contributed by atoms with Crippen molar-refractivity contribution in [1.29, 1.82) is 0 Å². The van der Waals surface area contributed by atoms with Crippen LogP contribution in [-0.2, 0) is 20.0 Å². The Hall–Kier alpha value is -0.990. The molecule has 1 aliphatic rings. The van der Waals surface area contributed by atoms with E-state index in [1.54, 1.807) is 0 Å². The Kier molecular flexibility index (Phi) is 2.46. The van der Waals surface area contributed by atoms with Gasteiger partial charge in [0.2, 0.25) is 0 Å². The van der Waals surface area contributed by atoms with E-state index in [0.29, 0.717) is 6.04 Å². The van der Waals surface area contributed by atoms with Gasteiger partial charge in [0, 0.05) is 42.2 Å². The van der Waals surface area contributed by atoms with Crippen molar-refractivity contribution in [1.82, 2.24) is 9.88 Å². The average molecular weight is 249 g/mol. The molecule has 2 heterocycles. The van der Waals surface area contributed by atoms with Crippen LogP contribution < -0.4 is 5.32 Å². The maximum atomic E-state index is 6.22. The predicted octanol–water partition coefficient (Wildman–Crippen LogP) is 3.17. The van der Waals surface area contributed by atoms with E-state index in [-0.39, 0.29) is 0 Å². The number of aryl methyl sites for hydroxylation is 2. The molecule has 1 aromatic heterocycles. The van der Waals surface area contributed by atoms with Gasteiger partial charge in [0.15, 0.2) is 0 Å². The Morgan fingerprint density at radius 1 is 1.41 bits per heavy atom. The smallest absolute Gasteiger partial charge is 0.0527 e. The lowest BCUT2D eigenvalue weighted by molar-refractivity contribution is 0.501. The van der Waals surface area contributed by atoms with E-state index in [4.69, 9.17) is 11.6 Å². The largest absolute Gasteiger partial charge is 0.347 e. The first-order chi connectivity index (χ1) is 8.09. The van der Waals surface area contributed by atoms with Gasteiger partial charge in [-0.25, -0.2) is 0 Å². The van der Waals surface area contributed by atoms with Crippen molar-refractivity contribution >= 4 is 22.5 Å². The zero-order valence-electron chi connectivity index (χ0n) is 10.5. The summed E-state index contributed by atoms with van der Waals surface area (Å²) in [6.07, 6.45) is 1.09. The molecule has 1 N–H and O–H groups in total. The van der Waals surface area contributed by atoms with E-state index in [9.17, 15) is 0 Å². The maximum absolute atomic E-state index is 6.22. The summed E-state index contributed by atoms with van der Waals surface area (Å²) < 4.78 is 2.32. The van der Waals surface area contributed by atoms with Gasteiger partial charge in [-0.3, -0.25) is 0 Å². The van der Waals surface area contributed by atoms with Gasteiger partial charge < -0.3 is 9.88 Å². The number of fused-ring (bicyclic) bond motifs is 3. The highest BCUT2D eigenvalue weighted by molar-refractivity contribution is 6.32. The summed E-state index contributed by atoms with van der Waals surface area (Å²) in [5.41, 5.74) is 5.38. The van der Waals surface area contributed by atoms with Gasteiger partial charge in [0.1, 0.15) is 0 Å². The molecule has 1 aromatic carbocycles. The van der Waals surface area contributed by atoms with Crippen molar-refractivity contribution < 1.29 is 0 Å².